The van der Waals surface area contributed by atoms with E-state index in [0.717, 1.165) is 23.4 Å². The van der Waals surface area contributed by atoms with Crippen molar-refractivity contribution in [3.63, 3.8) is 0 Å². The summed E-state index contributed by atoms with van der Waals surface area (Å²) in [4.78, 5) is 29.7. The number of benzene rings is 1. The molecule has 5 rings (SSSR count). The van der Waals surface area contributed by atoms with E-state index in [1.165, 1.54) is 6.07 Å². The Morgan fingerprint density at radius 2 is 1.76 bits per heavy atom. The SMILES string of the molecule is Cc1nc(OCC(C)C)ccc1-c1ccc(C(=O)NS(=O)(=O)c2cccc(Nc3ccccc3)n2)c(N2CC(C)CC2(C)C)n1. The number of nitrogens with one attached hydrogen (secondary N) is 2. The highest BCUT2D eigenvalue weighted by molar-refractivity contribution is 7.90. The van der Waals surface area contributed by atoms with Crippen molar-refractivity contribution in [2.45, 2.75) is 58.5 Å². The van der Waals surface area contributed by atoms with Crippen LogP contribution in [0.2, 0.25) is 0 Å². The Morgan fingerprint density at radius 3 is 2.42 bits per heavy atom. The average Bonchev–Trinajstić information content (AvgIpc) is 3.27. The fraction of sp³-hybridized carbons (Fsp3) is 0.353. The summed E-state index contributed by atoms with van der Waals surface area (Å²) in [6, 6.07) is 20.9. The maximum absolute atomic E-state index is 13.7. The van der Waals surface area contributed by atoms with E-state index >= 15 is 0 Å². The third kappa shape index (κ3) is 7.42. The van der Waals surface area contributed by atoms with Crippen molar-refractivity contribution in [2.75, 3.05) is 23.4 Å². The number of aryl methyl sites for hydroxylation is 1. The molecule has 0 aliphatic carbocycles. The highest BCUT2D eigenvalue weighted by Gasteiger charge is 2.39. The largest absolute Gasteiger partial charge is 0.477 e. The highest BCUT2D eigenvalue weighted by atomic mass is 32.2. The molecule has 1 saturated heterocycles. The molecule has 0 radical (unpaired) electrons. The van der Waals surface area contributed by atoms with E-state index in [0.29, 0.717) is 48.2 Å². The fourth-order valence-electron chi connectivity index (χ4n) is 5.61. The number of aromatic nitrogens is 3. The van der Waals surface area contributed by atoms with E-state index < -0.39 is 15.9 Å². The zero-order valence-corrected chi connectivity index (χ0v) is 27.4. The standard InChI is InChI=1S/C34H40N6O4S/c1-22(2)21-44-30-18-16-26(24(4)35-30)28-17-15-27(32(37-28)40-20-23(3)19-34(40,5)6)33(41)39-45(42,43)31-14-10-13-29(38-31)36-25-11-8-7-9-12-25/h7-18,22-23H,19-21H2,1-6H3,(H,36,38)(H,39,41). The lowest BCUT2D eigenvalue weighted by Gasteiger charge is -2.34. The van der Waals surface area contributed by atoms with Crippen LogP contribution in [0.4, 0.5) is 17.3 Å². The van der Waals surface area contributed by atoms with E-state index in [-0.39, 0.29) is 16.1 Å². The monoisotopic (exact) mass is 628 g/mol. The lowest BCUT2D eigenvalue weighted by atomic mass is 9.97. The first-order valence-corrected chi connectivity index (χ1v) is 16.6. The first-order valence-electron chi connectivity index (χ1n) is 15.1. The Labute approximate surface area is 265 Å². The Bertz CT molecular complexity index is 1790. The van der Waals surface area contributed by atoms with Gasteiger partial charge in [-0.05, 0) is 81.5 Å². The van der Waals surface area contributed by atoms with Gasteiger partial charge in [0.25, 0.3) is 15.9 Å². The maximum Gasteiger partial charge on any atom is 0.281 e. The maximum atomic E-state index is 13.7. The molecule has 45 heavy (non-hydrogen) atoms. The minimum Gasteiger partial charge on any atom is -0.477 e. The van der Waals surface area contributed by atoms with Gasteiger partial charge in [-0.1, -0.05) is 45.0 Å². The second-order valence-corrected chi connectivity index (χ2v) is 14.2. The van der Waals surface area contributed by atoms with Gasteiger partial charge in [-0.25, -0.2) is 19.7 Å². The van der Waals surface area contributed by atoms with Crippen molar-refractivity contribution in [1.82, 2.24) is 19.7 Å². The lowest BCUT2D eigenvalue weighted by molar-refractivity contribution is 0.0981. The minimum atomic E-state index is -4.31. The molecule has 1 amide bonds. The summed E-state index contributed by atoms with van der Waals surface area (Å²) in [6.45, 7) is 13.6. The number of ether oxygens (including phenoxy) is 1. The van der Waals surface area contributed by atoms with Crippen LogP contribution in [-0.2, 0) is 10.0 Å². The van der Waals surface area contributed by atoms with E-state index in [1.54, 1.807) is 24.3 Å². The van der Waals surface area contributed by atoms with Gasteiger partial charge in [-0.3, -0.25) is 4.79 Å². The summed E-state index contributed by atoms with van der Waals surface area (Å²) in [7, 11) is -4.31. The van der Waals surface area contributed by atoms with Crippen molar-refractivity contribution in [3.8, 4) is 17.1 Å². The predicted octanol–water partition coefficient (Wildman–Crippen LogP) is 6.37. The Kier molecular flexibility index (Phi) is 9.11. The Balaban J connectivity index is 1.47. The van der Waals surface area contributed by atoms with Crippen molar-refractivity contribution >= 4 is 33.3 Å². The van der Waals surface area contributed by atoms with Gasteiger partial charge in [-0.2, -0.15) is 8.42 Å². The normalized spacial score (nSPS) is 16.1. The quantitative estimate of drug-likeness (QED) is 0.206. The average molecular weight is 629 g/mol. The molecule has 1 aliphatic heterocycles. The number of nitrogens with zero attached hydrogens (tertiary/aromatic N) is 4. The van der Waals surface area contributed by atoms with Crippen LogP contribution in [0, 0.1) is 18.8 Å². The topological polar surface area (TPSA) is 126 Å². The predicted molar refractivity (Wildman–Crippen MR) is 176 cm³/mol. The summed E-state index contributed by atoms with van der Waals surface area (Å²) >= 11 is 0. The second kappa shape index (κ2) is 12.8. The van der Waals surface area contributed by atoms with E-state index in [9.17, 15) is 13.2 Å². The molecule has 4 heterocycles. The molecule has 4 aromatic rings. The number of hydrogen-bond acceptors (Lipinski definition) is 9. The molecule has 0 saturated carbocycles. The molecule has 1 aromatic carbocycles. The molecule has 11 heteroatoms. The Morgan fingerprint density at radius 1 is 1.00 bits per heavy atom. The molecule has 0 spiro atoms. The smallest absolute Gasteiger partial charge is 0.281 e. The number of carbonyl (C=O) groups is 1. The minimum absolute atomic E-state index is 0.158. The zero-order chi connectivity index (χ0) is 32.4. The number of para-hydroxylation sites is 1. The summed E-state index contributed by atoms with van der Waals surface area (Å²) in [5.41, 5.74) is 2.76. The van der Waals surface area contributed by atoms with Gasteiger partial charge in [0.2, 0.25) is 5.88 Å². The van der Waals surface area contributed by atoms with Gasteiger partial charge in [0.15, 0.2) is 5.03 Å². The number of rotatable bonds is 10. The molecule has 10 nitrogen and oxygen atoms in total. The molecular formula is C34H40N6O4S. The highest BCUT2D eigenvalue weighted by Crippen LogP contribution is 2.38. The van der Waals surface area contributed by atoms with Crippen LogP contribution < -0.4 is 19.7 Å². The zero-order valence-electron chi connectivity index (χ0n) is 26.5. The van der Waals surface area contributed by atoms with Gasteiger partial charge < -0.3 is 15.0 Å². The van der Waals surface area contributed by atoms with Crippen LogP contribution >= 0.6 is 0 Å². The van der Waals surface area contributed by atoms with Gasteiger partial charge in [0.05, 0.1) is 23.6 Å². The molecular weight excluding hydrogens is 588 g/mol. The van der Waals surface area contributed by atoms with E-state index in [2.05, 4.69) is 59.5 Å². The van der Waals surface area contributed by atoms with E-state index in [4.69, 9.17) is 9.72 Å². The molecule has 236 valence electrons. The summed E-state index contributed by atoms with van der Waals surface area (Å²) < 4.78 is 34.9. The van der Waals surface area contributed by atoms with Crippen LogP contribution in [0.25, 0.3) is 11.3 Å². The van der Waals surface area contributed by atoms with E-state index in [1.807, 2.05) is 49.4 Å². The number of hydrogen-bond donors (Lipinski definition) is 2. The van der Waals surface area contributed by atoms with Crippen LogP contribution in [0.3, 0.4) is 0 Å². The number of sulfonamides is 1. The van der Waals surface area contributed by atoms with Gasteiger partial charge >= 0.3 is 0 Å². The summed E-state index contributed by atoms with van der Waals surface area (Å²) in [5, 5.41) is 2.81. The lowest BCUT2D eigenvalue weighted by Crippen LogP contribution is -2.41. The van der Waals surface area contributed by atoms with Crippen LogP contribution in [0.1, 0.15) is 57.1 Å². The third-order valence-electron chi connectivity index (χ3n) is 7.62. The number of anilines is 3. The number of carbonyl (C=O) groups excluding carboxylic acids is 1. The molecule has 2 N–H and O–H groups in total. The number of pyridine rings is 3. The number of amides is 1. The van der Waals surface area contributed by atoms with Gasteiger partial charge in [0, 0.05) is 29.4 Å². The molecule has 1 atom stereocenters. The van der Waals surface area contributed by atoms with Crippen LogP contribution in [-0.4, -0.2) is 48.0 Å². The summed E-state index contributed by atoms with van der Waals surface area (Å²) in [6.07, 6.45) is 0.895. The van der Waals surface area contributed by atoms with Crippen molar-refractivity contribution < 1.29 is 17.9 Å². The van der Waals surface area contributed by atoms with Crippen molar-refractivity contribution in [3.05, 3.63) is 84.1 Å². The van der Waals surface area contributed by atoms with Crippen LogP contribution in [0.15, 0.2) is 77.8 Å². The molecule has 1 unspecified atom stereocenters. The van der Waals surface area contributed by atoms with Gasteiger partial charge in [-0.15, -0.1) is 0 Å². The van der Waals surface area contributed by atoms with Crippen LogP contribution in [0.5, 0.6) is 5.88 Å². The molecule has 1 aliphatic rings. The van der Waals surface area contributed by atoms with Gasteiger partial charge in [0.1, 0.15) is 11.6 Å². The second-order valence-electron chi connectivity index (χ2n) is 12.6. The van der Waals surface area contributed by atoms with Crippen molar-refractivity contribution in [2.24, 2.45) is 11.8 Å². The molecule has 1 fully saturated rings. The Hall–Kier alpha value is -4.51. The fourth-order valence-corrected chi connectivity index (χ4v) is 6.55. The first-order chi connectivity index (χ1) is 21.3. The summed E-state index contributed by atoms with van der Waals surface area (Å²) in [5.74, 6) is 1.24. The van der Waals surface area contributed by atoms with Crippen molar-refractivity contribution in [1.29, 1.82) is 0 Å². The first kappa shape index (κ1) is 31.9. The third-order valence-corrected chi connectivity index (χ3v) is 8.85. The molecule has 0 bridgehead atoms. The molecule has 3 aromatic heterocycles.